The number of H-pyrrole nitrogens is 1. The molecule has 30 heavy (non-hydrogen) atoms. The standard InChI is InChI=1S/C21H24N2O7/c1-5-27-20(25)17-11(2)18(22-12(17)3)21(26)30-13(4)19(24)23-14-6-7-15-16(10-14)29-9-8-28-15/h6-7,10,13,22H,5,8-9H2,1-4H3,(H,23,24). The van der Waals surface area contributed by atoms with Crippen LogP contribution in [0.5, 0.6) is 11.5 Å². The first-order valence-electron chi connectivity index (χ1n) is 9.59. The minimum absolute atomic E-state index is 0.106. The highest BCUT2D eigenvalue weighted by Gasteiger charge is 2.26. The number of amides is 1. The number of hydrogen-bond acceptors (Lipinski definition) is 7. The predicted octanol–water partition coefficient (Wildman–Crippen LogP) is 2.76. The van der Waals surface area contributed by atoms with E-state index in [4.69, 9.17) is 18.9 Å². The summed E-state index contributed by atoms with van der Waals surface area (Å²) in [4.78, 5) is 39.9. The number of aromatic nitrogens is 1. The van der Waals surface area contributed by atoms with Gasteiger partial charge in [-0.25, -0.2) is 9.59 Å². The molecule has 160 valence electrons. The Morgan fingerprint density at radius 2 is 1.83 bits per heavy atom. The van der Waals surface area contributed by atoms with Crippen molar-refractivity contribution >= 4 is 23.5 Å². The first-order chi connectivity index (χ1) is 14.3. The molecule has 2 aromatic rings. The fourth-order valence-electron chi connectivity index (χ4n) is 3.10. The molecule has 0 fully saturated rings. The van der Waals surface area contributed by atoms with Gasteiger partial charge in [-0.2, -0.15) is 0 Å². The number of aromatic amines is 1. The van der Waals surface area contributed by atoms with Crippen LogP contribution in [0.2, 0.25) is 0 Å². The van der Waals surface area contributed by atoms with Gasteiger partial charge >= 0.3 is 11.9 Å². The molecule has 1 amide bonds. The van der Waals surface area contributed by atoms with E-state index in [0.717, 1.165) is 0 Å². The molecule has 0 saturated heterocycles. The van der Waals surface area contributed by atoms with E-state index < -0.39 is 23.9 Å². The van der Waals surface area contributed by atoms with Crippen LogP contribution in [0.4, 0.5) is 5.69 Å². The number of anilines is 1. The lowest BCUT2D eigenvalue weighted by Crippen LogP contribution is -2.30. The summed E-state index contributed by atoms with van der Waals surface area (Å²) < 4.78 is 21.2. The average Bonchev–Trinajstić information content (AvgIpc) is 3.02. The number of hydrogen-bond donors (Lipinski definition) is 2. The Bertz CT molecular complexity index is 980. The summed E-state index contributed by atoms with van der Waals surface area (Å²) in [6.45, 7) is 7.57. The number of carbonyl (C=O) groups excluding carboxylic acids is 3. The molecule has 9 heteroatoms. The van der Waals surface area contributed by atoms with Crippen LogP contribution in [0.25, 0.3) is 0 Å². The van der Waals surface area contributed by atoms with Gasteiger partial charge in [0.25, 0.3) is 5.91 Å². The number of fused-ring (bicyclic) bond motifs is 1. The Morgan fingerprint density at radius 3 is 2.53 bits per heavy atom. The zero-order chi connectivity index (χ0) is 21.8. The third-order valence-corrected chi connectivity index (χ3v) is 4.58. The van der Waals surface area contributed by atoms with Crippen molar-refractivity contribution < 1.29 is 33.3 Å². The number of esters is 2. The van der Waals surface area contributed by atoms with Gasteiger partial charge in [-0.05, 0) is 45.4 Å². The van der Waals surface area contributed by atoms with E-state index in [1.54, 1.807) is 39.0 Å². The second-order valence-electron chi connectivity index (χ2n) is 6.74. The molecule has 2 heterocycles. The number of aryl methyl sites for hydroxylation is 1. The van der Waals surface area contributed by atoms with Crippen LogP contribution in [0, 0.1) is 13.8 Å². The fourth-order valence-corrected chi connectivity index (χ4v) is 3.10. The number of rotatable bonds is 6. The molecule has 1 aliphatic heterocycles. The highest BCUT2D eigenvalue weighted by molar-refractivity contribution is 6.00. The Hall–Kier alpha value is -3.49. The molecule has 0 bridgehead atoms. The van der Waals surface area contributed by atoms with Crippen molar-refractivity contribution in [2.75, 3.05) is 25.1 Å². The first kappa shape index (κ1) is 21.2. The maximum Gasteiger partial charge on any atom is 0.355 e. The quantitative estimate of drug-likeness (QED) is 0.696. The predicted molar refractivity (Wildman–Crippen MR) is 107 cm³/mol. The van der Waals surface area contributed by atoms with Gasteiger partial charge in [0.15, 0.2) is 17.6 Å². The molecular formula is C21H24N2O7. The lowest BCUT2D eigenvalue weighted by molar-refractivity contribution is -0.123. The summed E-state index contributed by atoms with van der Waals surface area (Å²) in [5.74, 6) is -0.629. The van der Waals surface area contributed by atoms with Gasteiger partial charge in [-0.15, -0.1) is 0 Å². The van der Waals surface area contributed by atoms with Crippen molar-refractivity contribution in [3.8, 4) is 11.5 Å². The summed E-state index contributed by atoms with van der Waals surface area (Å²) in [5.41, 5.74) is 1.79. The molecular weight excluding hydrogens is 392 g/mol. The maximum absolute atomic E-state index is 12.5. The number of ether oxygens (including phenoxy) is 4. The van der Waals surface area contributed by atoms with Crippen LogP contribution in [0.1, 0.15) is 46.0 Å². The lowest BCUT2D eigenvalue weighted by Gasteiger charge is -2.19. The van der Waals surface area contributed by atoms with Gasteiger partial charge in [0.2, 0.25) is 0 Å². The van der Waals surface area contributed by atoms with E-state index in [9.17, 15) is 14.4 Å². The SMILES string of the molecule is CCOC(=O)c1c(C)[nH]c(C(=O)OC(C)C(=O)Nc2ccc3c(c2)OCCO3)c1C. The van der Waals surface area contributed by atoms with Crippen LogP contribution in [-0.2, 0) is 14.3 Å². The van der Waals surface area contributed by atoms with Gasteiger partial charge in [0.1, 0.15) is 18.9 Å². The summed E-state index contributed by atoms with van der Waals surface area (Å²) in [7, 11) is 0. The average molecular weight is 416 g/mol. The molecule has 9 nitrogen and oxygen atoms in total. The Balaban J connectivity index is 1.66. The van der Waals surface area contributed by atoms with E-state index in [1.165, 1.54) is 6.92 Å². The van der Waals surface area contributed by atoms with E-state index in [2.05, 4.69) is 10.3 Å². The number of carbonyl (C=O) groups is 3. The maximum atomic E-state index is 12.5. The second-order valence-corrected chi connectivity index (χ2v) is 6.74. The van der Waals surface area contributed by atoms with Crippen molar-refractivity contribution in [3.05, 3.63) is 40.7 Å². The molecule has 1 aromatic heterocycles. The fraction of sp³-hybridized carbons (Fsp3) is 0.381. The highest BCUT2D eigenvalue weighted by atomic mass is 16.6. The van der Waals surface area contributed by atoms with Gasteiger partial charge in [-0.3, -0.25) is 4.79 Å². The van der Waals surface area contributed by atoms with E-state index in [1.807, 2.05) is 0 Å². The summed E-state index contributed by atoms with van der Waals surface area (Å²) >= 11 is 0. The third-order valence-electron chi connectivity index (χ3n) is 4.58. The lowest BCUT2D eigenvalue weighted by atomic mass is 10.1. The highest BCUT2D eigenvalue weighted by Crippen LogP contribution is 2.32. The number of nitrogens with one attached hydrogen (secondary N) is 2. The molecule has 0 spiro atoms. The first-order valence-corrected chi connectivity index (χ1v) is 9.59. The van der Waals surface area contributed by atoms with Gasteiger partial charge in [0, 0.05) is 17.4 Å². The van der Waals surface area contributed by atoms with E-state index in [-0.39, 0.29) is 17.9 Å². The van der Waals surface area contributed by atoms with Crippen LogP contribution in [0.3, 0.4) is 0 Å². The monoisotopic (exact) mass is 416 g/mol. The van der Waals surface area contributed by atoms with Gasteiger partial charge < -0.3 is 29.2 Å². The molecule has 0 radical (unpaired) electrons. The van der Waals surface area contributed by atoms with E-state index >= 15 is 0 Å². The topological polar surface area (TPSA) is 116 Å². The van der Waals surface area contributed by atoms with Gasteiger partial charge in [-0.1, -0.05) is 0 Å². The zero-order valence-corrected chi connectivity index (χ0v) is 17.3. The largest absolute Gasteiger partial charge is 0.486 e. The van der Waals surface area contributed by atoms with Crippen molar-refractivity contribution in [1.29, 1.82) is 0 Å². The normalized spacial score (nSPS) is 13.3. The van der Waals surface area contributed by atoms with Crippen molar-refractivity contribution in [2.24, 2.45) is 0 Å². The molecule has 1 unspecified atom stereocenters. The smallest absolute Gasteiger partial charge is 0.355 e. The molecule has 1 aliphatic rings. The van der Waals surface area contributed by atoms with Crippen molar-refractivity contribution in [3.63, 3.8) is 0 Å². The summed E-state index contributed by atoms with van der Waals surface area (Å²) in [6, 6.07) is 5.01. The van der Waals surface area contributed by atoms with Gasteiger partial charge in [0.05, 0.1) is 12.2 Å². The molecule has 2 N–H and O–H groups in total. The Labute approximate surface area is 173 Å². The second kappa shape index (κ2) is 8.89. The molecule has 0 aliphatic carbocycles. The zero-order valence-electron chi connectivity index (χ0n) is 17.3. The molecule has 1 atom stereocenters. The number of benzene rings is 1. The van der Waals surface area contributed by atoms with Crippen molar-refractivity contribution in [1.82, 2.24) is 4.98 Å². The Kier molecular flexibility index (Phi) is 6.29. The van der Waals surface area contributed by atoms with Crippen LogP contribution in [0.15, 0.2) is 18.2 Å². The third kappa shape index (κ3) is 4.40. The minimum atomic E-state index is -1.07. The Morgan fingerprint density at radius 1 is 1.13 bits per heavy atom. The van der Waals surface area contributed by atoms with Crippen LogP contribution in [-0.4, -0.2) is 48.8 Å². The van der Waals surface area contributed by atoms with Crippen LogP contribution >= 0.6 is 0 Å². The van der Waals surface area contributed by atoms with Crippen molar-refractivity contribution in [2.45, 2.75) is 33.8 Å². The summed E-state index contributed by atoms with van der Waals surface area (Å²) in [5, 5.41) is 2.68. The summed E-state index contributed by atoms with van der Waals surface area (Å²) in [6.07, 6.45) is -1.07. The minimum Gasteiger partial charge on any atom is -0.486 e. The molecule has 0 saturated carbocycles. The van der Waals surface area contributed by atoms with E-state index in [0.29, 0.717) is 41.7 Å². The molecule has 1 aromatic carbocycles. The van der Waals surface area contributed by atoms with Crippen LogP contribution < -0.4 is 14.8 Å². The molecule has 3 rings (SSSR count).